The Labute approximate surface area is 142 Å². The van der Waals surface area contributed by atoms with E-state index in [0.29, 0.717) is 18.9 Å². The number of ether oxygens (including phenoxy) is 1. The molecule has 0 atom stereocenters. The molecular weight excluding hydrogens is 304 g/mol. The second-order valence-corrected chi connectivity index (χ2v) is 6.81. The number of nitrogens with zero attached hydrogens (tertiary/aromatic N) is 1. The van der Waals surface area contributed by atoms with Gasteiger partial charge in [-0.15, -0.1) is 0 Å². The van der Waals surface area contributed by atoms with Crippen LogP contribution in [-0.2, 0) is 25.0 Å². The third-order valence-electron chi connectivity index (χ3n) is 3.65. The highest BCUT2D eigenvalue weighted by Crippen LogP contribution is 2.13. The third kappa shape index (κ3) is 4.72. The zero-order chi connectivity index (χ0) is 17.7. The molecule has 0 radical (unpaired) electrons. The number of amides is 1. The van der Waals surface area contributed by atoms with E-state index in [4.69, 9.17) is 4.74 Å². The number of carbonyl (C=O) groups excluding carboxylic acids is 1. The van der Waals surface area contributed by atoms with Crippen molar-refractivity contribution in [2.75, 3.05) is 0 Å². The van der Waals surface area contributed by atoms with Gasteiger partial charge in [0, 0.05) is 24.2 Å². The average Bonchev–Trinajstić information content (AvgIpc) is 2.53. The molecule has 5 nitrogen and oxygen atoms in total. The van der Waals surface area contributed by atoms with Crippen LogP contribution in [0.4, 0.5) is 0 Å². The van der Waals surface area contributed by atoms with E-state index in [1.165, 1.54) is 6.07 Å². The summed E-state index contributed by atoms with van der Waals surface area (Å²) in [5, 5.41) is 2.84. The van der Waals surface area contributed by atoms with E-state index >= 15 is 0 Å². The fourth-order valence-electron chi connectivity index (χ4n) is 2.10. The number of aryl methyl sites for hydroxylation is 1. The van der Waals surface area contributed by atoms with Crippen LogP contribution in [0, 0.1) is 5.41 Å². The highest BCUT2D eigenvalue weighted by atomic mass is 16.5. The summed E-state index contributed by atoms with van der Waals surface area (Å²) in [6, 6.07) is 11.2. The molecule has 24 heavy (non-hydrogen) atoms. The second-order valence-electron chi connectivity index (χ2n) is 6.81. The summed E-state index contributed by atoms with van der Waals surface area (Å²) in [5.74, 6) is 0.242. The Kier molecular flexibility index (Phi) is 5.44. The fraction of sp³-hybridized carbons (Fsp3) is 0.368. The molecule has 1 amide bonds. The van der Waals surface area contributed by atoms with Crippen LogP contribution < -0.4 is 15.5 Å². The Morgan fingerprint density at radius 1 is 1.21 bits per heavy atom. The molecule has 1 aromatic carbocycles. The van der Waals surface area contributed by atoms with Gasteiger partial charge in [-0.3, -0.25) is 9.59 Å². The van der Waals surface area contributed by atoms with Gasteiger partial charge in [0.2, 0.25) is 11.3 Å². The van der Waals surface area contributed by atoms with Gasteiger partial charge >= 0.3 is 0 Å². The maximum atomic E-state index is 12.2. The molecule has 0 saturated carbocycles. The molecule has 0 aliphatic carbocycles. The molecule has 0 bridgehead atoms. The lowest BCUT2D eigenvalue weighted by Crippen LogP contribution is -2.35. The van der Waals surface area contributed by atoms with E-state index in [1.807, 2.05) is 58.2 Å². The van der Waals surface area contributed by atoms with Crippen LogP contribution in [0.15, 0.2) is 47.4 Å². The van der Waals surface area contributed by atoms with Crippen molar-refractivity contribution in [1.29, 1.82) is 0 Å². The summed E-state index contributed by atoms with van der Waals surface area (Å²) < 4.78 is 7.41. The molecule has 5 heteroatoms. The van der Waals surface area contributed by atoms with Crippen molar-refractivity contribution in [1.82, 2.24) is 9.88 Å². The zero-order valence-corrected chi connectivity index (χ0v) is 14.6. The number of carbonyl (C=O) groups is 1. The quantitative estimate of drug-likeness (QED) is 0.918. The lowest BCUT2D eigenvalue weighted by molar-refractivity contribution is -0.128. The van der Waals surface area contributed by atoms with Crippen molar-refractivity contribution in [3.63, 3.8) is 0 Å². The predicted molar refractivity (Wildman–Crippen MR) is 93.8 cm³/mol. The van der Waals surface area contributed by atoms with Crippen molar-refractivity contribution in [3.05, 3.63) is 64.1 Å². The average molecular weight is 328 g/mol. The largest absolute Gasteiger partial charge is 0.483 e. The molecule has 0 saturated heterocycles. The summed E-state index contributed by atoms with van der Waals surface area (Å²) in [6.07, 6.45) is 1.66. The van der Waals surface area contributed by atoms with E-state index in [-0.39, 0.29) is 11.3 Å². The molecular formula is C19H24N2O3. The van der Waals surface area contributed by atoms with Crippen molar-refractivity contribution >= 4 is 5.91 Å². The van der Waals surface area contributed by atoms with Gasteiger partial charge in [-0.05, 0) is 5.56 Å². The van der Waals surface area contributed by atoms with Gasteiger partial charge in [0.1, 0.15) is 6.61 Å². The van der Waals surface area contributed by atoms with Gasteiger partial charge in [0.05, 0.1) is 12.7 Å². The summed E-state index contributed by atoms with van der Waals surface area (Å²) in [6.45, 7) is 6.20. The monoisotopic (exact) mass is 328 g/mol. The lowest BCUT2D eigenvalue weighted by Gasteiger charge is -2.18. The molecule has 0 aliphatic rings. The van der Waals surface area contributed by atoms with E-state index < -0.39 is 5.41 Å². The molecule has 1 N–H and O–H groups in total. The standard InChI is InChI=1S/C19H24N2O3/c1-19(2,3)18(23)20-11-15-10-16(22)17(12-21(15)4)24-13-14-8-6-5-7-9-14/h5-10,12H,11,13H2,1-4H3,(H,20,23). The van der Waals surface area contributed by atoms with Crippen LogP contribution in [0.5, 0.6) is 5.75 Å². The molecule has 0 fully saturated rings. The fourth-order valence-corrected chi connectivity index (χ4v) is 2.10. The van der Waals surface area contributed by atoms with Crippen molar-refractivity contribution in [2.45, 2.75) is 33.9 Å². The minimum atomic E-state index is -0.461. The Hall–Kier alpha value is -2.56. The molecule has 0 aliphatic heterocycles. The van der Waals surface area contributed by atoms with E-state index in [9.17, 15) is 9.59 Å². The van der Waals surface area contributed by atoms with Crippen LogP contribution in [-0.4, -0.2) is 10.5 Å². The number of pyridine rings is 1. The first kappa shape index (κ1) is 17.8. The minimum Gasteiger partial charge on any atom is -0.483 e. The lowest BCUT2D eigenvalue weighted by atomic mass is 9.96. The number of aromatic nitrogens is 1. The summed E-state index contributed by atoms with van der Waals surface area (Å²) >= 11 is 0. The minimum absolute atomic E-state index is 0.0562. The molecule has 128 valence electrons. The molecule has 1 heterocycles. The van der Waals surface area contributed by atoms with Gasteiger partial charge in [-0.2, -0.15) is 0 Å². The number of hydrogen-bond acceptors (Lipinski definition) is 3. The Balaban J connectivity index is 2.05. The maximum Gasteiger partial charge on any atom is 0.225 e. The first-order chi connectivity index (χ1) is 11.3. The highest BCUT2D eigenvalue weighted by molar-refractivity contribution is 5.81. The van der Waals surface area contributed by atoms with Crippen LogP contribution in [0.25, 0.3) is 0 Å². The smallest absolute Gasteiger partial charge is 0.225 e. The number of hydrogen-bond donors (Lipinski definition) is 1. The molecule has 2 rings (SSSR count). The Morgan fingerprint density at radius 2 is 1.88 bits per heavy atom. The summed E-state index contributed by atoms with van der Waals surface area (Å²) in [7, 11) is 1.83. The first-order valence-corrected chi connectivity index (χ1v) is 7.92. The third-order valence-corrected chi connectivity index (χ3v) is 3.65. The van der Waals surface area contributed by atoms with Crippen LogP contribution in [0.2, 0.25) is 0 Å². The van der Waals surface area contributed by atoms with E-state index in [1.54, 1.807) is 10.8 Å². The normalized spacial score (nSPS) is 11.2. The van der Waals surface area contributed by atoms with E-state index in [2.05, 4.69) is 5.32 Å². The van der Waals surface area contributed by atoms with Crippen molar-refractivity contribution < 1.29 is 9.53 Å². The van der Waals surface area contributed by atoms with Crippen LogP contribution in [0.3, 0.4) is 0 Å². The Bertz CT molecular complexity index is 758. The maximum absolute atomic E-state index is 12.2. The highest BCUT2D eigenvalue weighted by Gasteiger charge is 2.20. The topological polar surface area (TPSA) is 60.3 Å². The van der Waals surface area contributed by atoms with Crippen molar-refractivity contribution in [2.24, 2.45) is 12.5 Å². The number of nitrogens with one attached hydrogen (secondary N) is 1. The molecule has 0 unspecified atom stereocenters. The number of benzene rings is 1. The second kappa shape index (κ2) is 7.34. The first-order valence-electron chi connectivity index (χ1n) is 7.92. The summed E-state index contributed by atoms with van der Waals surface area (Å²) in [5.41, 5.74) is 1.08. The van der Waals surface area contributed by atoms with Gasteiger partial charge in [0.15, 0.2) is 5.75 Å². The van der Waals surface area contributed by atoms with Crippen LogP contribution >= 0.6 is 0 Å². The van der Waals surface area contributed by atoms with E-state index in [0.717, 1.165) is 11.3 Å². The van der Waals surface area contributed by atoms with Crippen molar-refractivity contribution in [3.8, 4) is 5.75 Å². The van der Waals surface area contributed by atoms with Gasteiger partial charge in [-0.25, -0.2) is 0 Å². The number of rotatable bonds is 5. The van der Waals surface area contributed by atoms with Crippen LogP contribution in [0.1, 0.15) is 32.0 Å². The molecule has 0 spiro atoms. The summed E-state index contributed by atoms with van der Waals surface area (Å²) in [4.78, 5) is 24.1. The van der Waals surface area contributed by atoms with Gasteiger partial charge < -0.3 is 14.6 Å². The Morgan fingerprint density at radius 3 is 2.50 bits per heavy atom. The SMILES string of the molecule is Cn1cc(OCc2ccccc2)c(=O)cc1CNC(=O)C(C)(C)C. The predicted octanol–water partition coefficient (Wildman–Crippen LogP) is 2.63. The molecule has 2 aromatic rings. The van der Waals surface area contributed by atoms with Gasteiger partial charge in [-0.1, -0.05) is 51.1 Å². The zero-order valence-electron chi connectivity index (χ0n) is 14.6. The molecule has 1 aromatic heterocycles. The van der Waals surface area contributed by atoms with Gasteiger partial charge in [0.25, 0.3) is 0 Å².